The summed E-state index contributed by atoms with van der Waals surface area (Å²) < 4.78 is 37.6. The summed E-state index contributed by atoms with van der Waals surface area (Å²) in [6.45, 7) is 4.38. The van der Waals surface area contributed by atoms with Crippen molar-refractivity contribution in [3.63, 3.8) is 0 Å². The van der Waals surface area contributed by atoms with Gasteiger partial charge in [-0.25, -0.2) is 9.78 Å². The van der Waals surface area contributed by atoms with Gasteiger partial charge in [0.25, 0.3) is 5.91 Å². The minimum atomic E-state index is -4.60. The van der Waals surface area contributed by atoms with E-state index in [4.69, 9.17) is 0 Å². The second-order valence-electron chi connectivity index (χ2n) is 5.17. The molecule has 2 N–H and O–H groups in total. The average molecular weight is 318 g/mol. The Morgan fingerprint density at radius 3 is 2.32 bits per heavy atom. The molecule has 1 heterocycles. The molecule has 0 aromatic carbocycles. The number of alkyl halides is 3. The molecule has 1 unspecified atom stereocenters. The third kappa shape index (κ3) is 3.96. The summed E-state index contributed by atoms with van der Waals surface area (Å²) in [6.07, 6.45) is -3.88. The molecule has 22 heavy (non-hydrogen) atoms. The molecule has 1 amide bonds. The molecular formula is C14H17F3N2O3. The fraction of sp³-hybridized carbons (Fsp3) is 0.500. The summed E-state index contributed by atoms with van der Waals surface area (Å²) in [4.78, 5) is 26.7. The van der Waals surface area contributed by atoms with E-state index in [1.165, 1.54) is 13.8 Å². The number of carbonyl (C=O) groups is 2. The van der Waals surface area contributed by atoms with Crippen LogP contribution in [0.5, 0.6) is 0 Å². The van der Waals surface area contributed by atoms with Gasteiger partial charge in [0.1, 0.15) is 11.2 Å². The van der Waals surface area contributed by atoms with Gasteiger partial charge in [0, 0.05) is 0 Å². The zero-order valence-electron chi connectivity index (χ0n) is 12.4. The Kier molecular flexibility index (Phi) is 5.16. The van der Waals surface area contributed by atoms with Gasteiger partial charge in [-0.15, -0.1) is 0 Å². The molecule has 1 rings (SSSR count). The molecule has 8 heteroatoms. The molecular weight excluding hydrogens is 301 g/mol. The monoisotopic (exact) mass is 318 g/mol. The molecule has 0 radical (unpaired) electrons. The molecule has 122 valence electrons. The predicted octanol–water partition coefficient (Wildman–Crippen LogP) is 2.78. The largest absolute Gasteiger partial charge is 0.480 e. The molecule has 0 spiro atoms. The number of pyridine rings is 1. The summed E-state index contributed by atoms with van der Waals surface area (Å²) in [6, 6.07) is 1.69. The van der Waals surface area contributed by atoms with Crippen molar-refractivity contribution in [3.05, 3.63) is 29.1 Å². The Labute approximate surface area is 125 Å². The highest BCUT2D eigenvalue weighted by Gasteiger charge is 2.36. The van der Waals surface area contributed by atoms with Crippen LogP contribution in [0.25, 0.3) is 0 Å². The first-order chi connectivity index (χ1) is 10.0. The first-order valence-electron chi connectivity index (χ1n) is 6.62. The molecule has 0 aliphatic carbocycles. The number of carbonyl (C=O) groups excluding carboxylic acids is 1. The normalized spacial score (nSPS) is 14.3. The van der Waals surface area contributed by atoms with Gasteiger partial charge in [0.15, 0.2) is 0 Å². The maximum atomic E-state index is 12.5. The van der Waals surface area contributed by atoms with E-state index < -0.39 is 29.3 Å². The lowest BCUT2D eigenvalue weighted by molar-refractivity contribution is -0.144. The Morgan fingerprint density at radius 1 is 1.32 bits per heavy atom. The van der Waals surface area contributed by atoms with Crippen molar-refractivity contribution in [3.8, 4) is 0 Å². The number of rotatable bonds is 5. The number of hydrogen-bond acceptors (Lipinski definition) is 3. The fourth-order valence-electron chi connectivity index (χ4n) is 2.00. The maximum Gasteiger partial charge on any atom is 0.433 e. The van der Waals surface area contributed by atoms with Crippen molar-refractivity contribution >= 4 is 11.9 Å². The number of halogens is 3. The molecule has 0 aliphatic heterocycles. The van der Waals surface area contributed by atoms with Crippen LogP contribution in [0.1, 0.15) is 48.4 Å². The zero-order chi connectivity index (χ0) is 17.1. The highest BCUT2D eigenvalue weighted by Crippen LogP contribution is 2.28. The van der Waals surface area contributed by atoms with E-state index in [1.54, 1.807) is 6.92 Å². The van der Waals surface area contributed by atoms with Gasteiger partial charge in [0.05, 0.1) is 11.3 Å². The first-order valence-corrected chi connectivity index (χ1v) is 6.62. The number of aliphatic carboxylic acids is 1. The van der Waals surface area contributed by atoms with E-state index in [9.17, 15) is 27.9 Å². The van der Waals surface area contributed by atoms with Crippen molar-refractivity contribution < 1.29 is 27.9 Å². The summed E-state index contributed by atoms with van der Waals surface area (Å²) >= 11 is 0. The van der Waals surface area contributed by atoms with E-state index in [1.807, 2.05) is 0 Å². The molecule has 0 fully saturated rings. The summed E-state index contributed by atoms with van der Waals surface area (Å²) in [7, 11) is 0. The van der Waals surface area contributed by atoms with Crippen LogP contribution < -0.4 is 5.32 Å². The van der Waals surface area contributed by atoms with E-state index in [0.717, 1.165) is 6.07 Å². The minimum absolute atomic E-state index is 0.0865. The van der Waals surface area contributed by atoms with Crippen molar-refractivity contribution in [2.75, 3.05) is 0 Å². The second kappa shape index (κ2) is 6.33. The lowest BCUT2D eigenvalue weighted by atomic mass is 9.95. The van der Waals surface area contributed by atoms with Gasteiger partial charge in [-0.05, 0) is 32.4 Å². The molecule has 0 aliphatic rings. The second-order valence-corrected chi connectivity index (χ2v) is 5.17. The van der Waals surface area contributed by atoms with Crippen molar-refractivity contribution in [1.82, 2.24) is 10.3 Å². The maximum absolute atomic E-state index is 12.5. The standard InChI is InChI=1S/C14H17F3N2O3/c1-4-7-13(3,12(21)22)19-11(20)9-5-6-10(14(15,16)17)18-8(9)2/h5-6H,4,7H2,1-3H3,(H,19,20)(H,21,22). The lowest BCUT2D eigenvalue weighted by Gasteiger charge is -2.26. The highest BCUT2D eigenvalue weighted by atomic mass is 19.4. The van der Waals surface area contributed by atoms with Crippen LogP contribution in [0.2, 0.25) is 0 Å². The number of aryl methyl sites for hydroxylation is 1. The molecule has 0 saturated heterocycles. The quantitative estimate of drug-likeness (QED) is 0.875. The molecule has 1 aromatic rings. The van der Waals surface area contributed by atoms with Gasteiger partial charge in [-0.2, -0.15) is 13.2 Å². The van der Waals surface area contributed by atoms with Crippen LogP contribution in [0.4, 0.5) is 13.2 Å². The van der Waals surface area contributed by atoms with Gasteiger partial charge < -0.3 is 10.4 Å². The van der Waals surface area contributed by atoms with Gasteiger partial charge in [0.2, 0.25) is 0 Å². The van der Waals surface area contributed by atoms with Gasteiger partial charge >= 0.3 is 12.1 Å². The molecule has 0 bridgehead atoms. The van der Waals surface area contributed by atoms with Crippen LogP contribution >= 0.6 is 0 Å². The molecule has 0 saturated carbocycles. The fourth-order valence-corrected chi connectivity index (χ4v) is 2.00. The SMILES string of the molecule is CCCC(C)(NC(=O)c1ccc(C(F)(F)F)nc1C)C(=O)O. The predicted molar refractivity (Wildman–Crippen MR) is 72.4 cm³/mol. The van der Waals surface area contributed by atoms with Crippen LogP contribution in [-0.2, 0) is 11.0 Å². The molecule has 5 nitrogen and oxygen atoms in total. The van der Waals surface area contributed by atoms with Crippen LogP contribution in [-0.4, -0.2) is 27.5 Å². The van der Waals surface area contributed by atoms with Crippen molar-refractivity contribution in [2.45, 2.75) is 45.3 Å². The number of carboxylic acid groups (broad SMARTS) is 1. The summed E-state index contributed by atoms with van der Waals surface area (Å²) in [5.41, 5.74) is -2.79. The molecule has 1 atom stereocenters. The van der Waals surface area contributed by atoms with Gasteiger partial charge in [-0.1, -0.05) is 13.3 Å². The van der Waals surface area contributed by atoms with Crippen LogP contribution in [0.3, 0.4) is 0 Å². The number of amides is 1. The van der Waals surface area contributed by atoms with E-state index in [-0.39, 0.29) is 17.7 Å². The summed E-state index contributed by atoms with van der Waals surface area (Å²) in [5, 5.41) is 11.5. The van der Waals surface area contributed by atoms with E-state index in [2.05, 4.69) is 10.3 Å². The minimum Gasteiger partial charge on any atom is -0.480 e. The Bertz CT molecular complexity index is 587. The number of hydrogen-bond donors (Lipinski definition) is 2. The third-order valence-corrected chi connectivity index (χ3v) is 3.23. The average Bonchev–Trinajstić information content (AvgIpc) is 2.37. The number of aromatic nitrogens is 1. The topological polar surface area (TPSA) is 79.3 Å². The number of nitrogens with one attached hydrogen (secondary N) is 1. The number of carboxylic acids is 1. The smallest absolute Gasteiger partial charge is 0.433 e. The molecule has 1 aromatic heterocycles. The third-order valence-electron chi connectivity index (χ3n) is 3.23. The van der Waals surface area contributed by atoms with Crippen LogP contribution in [0, 0.1) is 6.92 Å². The van der Waals surface area contributed by atoms with Crippen LogP contribution in [0.15, 0.2) is 12.1 Å². The summed E-state index contributed by atoms with van der Waals surface area (Å²) in [5.74, 6) is -1.97. The van der Waals surface area contributed by atoms with Gasteiger partial charge in [-0.3, -0.25) is 4.79 Å². The first kappa shape index (κ1) is 17.9. The Morgan fingerprint density at radius 2 is 1.91 bits per heavy atom. The highest BCUT2D eigenvalue weighted by molar-refractivity contribution is 5.98. The lowest BCUT2D eigenvalue weighted by Crippen LogP contribution is -2.52. The van der Waals surface area contributed by atoms with E-state index >= 15 is 0 Å². The van der Waals surface area contributed by atoms with Crippen molar-refractivity contribution in [2.24, 2.45) is 0 Å². The Balaban J connectivity index is 3.06. The van der Waals surface area contributed by atoms with Crippen molar-refractivity contribution in [1.29, 1.82) is 0 Å². The zero-order valence-corrected chi connectivity index (χ0v) is 12.4. The van der Waals surface area contributed by atoms with E-state index in [0.29, 0.717) is 12.5 Å². The Hall–Kier alpha value is -2.12. The number of nitrogens with zero attached hydrogens (tertiary/aromatic N) is 1.